The molecular formula is C11H12N2O3S. The number of hydrogen-bond acceptors (Lipinski definition) is 5. The molecule has 6 heteroatoms. The average Bonchev–Trinajstić information content (AvgIpc) is 2.74. The highest BCUT2D eigenvalue weighted by molar-refractivity contribution is 7.71. The summed E-state index contributed by atoms with van der Waals surface area (Å²) in [5, 5.41) is 6.38. The van der Waals surface area contributed by atoms with Gasteiger partial charge in [-0.25, -0.2) is 5.10 Å². The van der Waals surface area contributed by atoms with Gasteiger partial charge in [0.05, 0.1) is 6.61 Å². The zero-order valence-electron chi connectivity index (χ0n) is 9.30. The number of nitrogens with one attached hydrogen (secondary N) is 1. The summed E-state index contributed by atoms with van der Waals surface area (Å²) in [6.07, 6.45) is 0. The van der Waals surface area contributed by atoms with E-state index in [9.17, 15) is 0 Å². The van der Waals surface area contributed by atoms with E-state index in [4.69, 9.17) is 26.1 Å². The maximum atomic E-state index is 5.54. The van der Waals surface area contributed by atoms with Crippen molar-refractivity contribution in [3.63, 3.8) is 0 Å². The van der Waals surface area contributed by atoms with E-state index in [2.05, 4.69) is 10.2 Å². The number of para-hydroxylation sites is 2. The first-order chi connectivity index (χ1) is 8.29. The van der Waals surface area contributed by atoms with E-state index in [0.29, 0.717) is 24.0 Å². The lowest BCUT2D eigenvalue weighted by molar-refractivity contribution is 0.241. The number of aromatic nitrogens is 2. The van der Waals surface area contributed by atoms with Crippen LogP contribution in [0.3, 0.4) is 0 Å². The van der Waals surface area contributed by atoms with Crippen molar-refractivity contribution in [3.05, 3.63) is 35.0 Å². The van der Waals surface area contributed by atoms with Gasteiger partial charge >= 0.3 is 0 Å². The van der Waals surface area contributed by atoms with Gasteiger partial charge < -0.3 is 13.9 Å². The molecule has 5 nitrogen and oxygen atoms in total. The first-order valence-corrected chi connectivity index (χ1v) is 5.59. The first kappa shape index (κ1) is 11.7. The van der Waals surface area contributed by atoms with Crippen LogP contribution < -0.4 is 9.47 Å². The number of nitrogens with zero attached hydrogens (tertiary/aromatic N) is 1. The Bertz CT molecular complexity index is 535. The second-order valence-electron chi connectivity index (χ2n) is 3.18. The van der Waals surface area contributed by atoms with Gasteiger partial charge in [0.15, 0.2) is 18.1 Å². The molecule has 0 spiro atoms. The van der Waals surface area contributed by atoms with Crippen LogP contribution in [0.2, 0.25) is 0 Å². The Kier molecular flexibility index (Phi) is 3.77. The molecule has 2 rings (SSSR count). The Morgan fingerprint density at radius 3 is 2.59 bits per heavy atom. The molecule has 0 radical (unpaired) electrons. The summed E-state index contributed by atoms with van der Waals surface area (Å²) in [4.78, 5) is 0.238. The largest absolute Gasteiger partial charge is 0.490 e. The zero-order chi connectivity index (χ0) is 12.1. The predicted molar refractivity (Wildman–Crippen MR) is 63.6 cm³/mol. The lowest BCUT2D eigenvalue weighted by atomic mass is 10.3. The highest BCUT2D eigenvalue weighted by Crippen LogP contribution is 2.26. The Labute approximate surface area is 103 Å². The minimum Gasteiger partial charge on any atom is -0.490 e. The van der Waals surface area contributed by atoms with Gasteiger partial charge in [-0.2, -0.15) is 0 Å². The average molecular weight is 252 g/mol. The topological polar surface area (TPSA) is 60.3 Å². The molecule has 17 heavy (non-hydrogen) atoms. The summed E-state index contributed by atoms with van der Waals surface area (Å²) in [6, 6.07) is 7.43. The second kappa shape index (κ2) is 5.49. The summed E-state index contributed by atoms with van der Waals surface area (Å²) in [6.45, 7) is 2.71. The van der Waals surface area contributed by atoms with Crippen LogP contribution in [0.5, 0.6) is 11.5 Å². The fourth-order valence-electron chi connectivity index (χ4n) is 1.31. The summed E-state index contributed by atoms with van der Waals surface area (Å²) < 4.78 is 16.1. The molecule has 0 saturated heterocycles. The van der Waals surface area contributed by atoms with Crippen molar-refractivity contribution in [2.45, 2.75) is 13.5 Å². The molecule has 90 valence electrons. The van der Waals surface area contributed by atoms with E-state index in [1.165, 1.54) is 0 Å². The Morgan fingerprint density at radius 2 is 2.00 bits per heavy atom. The number of ether oxygens (including phenoxy) is 2. The lowest BCUT2D eigenvalue weighted by Gasteiger charge is -2.09. The highest BCUT2D eigenvalue weighted by Gasteiger charge is 2.06. The van der Waals surface area contributed by atoms with Gasteiger partial charge in [-0.3, -0.25) is 0 Å². The van der Waals surface area contributed by atoms with Crippen molar-refractivity contribution in [2.24, 2.45) is 0 Å². The van der Waals surface area contributed by atoms with Crippen molar-refractivity contribution >= 4 is 12.2 Å². The number of hydrogen-bond donors (Lipinski definition) is 1. The maximum Gasteiger partial charge on any atom is 0.284 e. The molecule has 1 heterocycles. The van der Waals surface area contributed by atoms with E-state index in [0.717, 1.165) is 0 Å². The fourth-order valence-corrected chi connectivity index (χ4v) is 1.45. The van der Waals surface area contributed by atoms with Gasteiger partial charge in [-0.15, -0.1) is 5.10 Å². The van der Waals surface area contributed by atoms with E-state index in [1.807, 2.05) is 31.2 Å². The number of aromatic amines is 1. The highest BCUT2D eigenvalue weighted by atomic mass is 32.1. The molecule has 0 aliphatic heterocycles. The molecule has 1 aromatic carbocycles. The number of H-pyrrole nitrogens is 1. The molecule has 0 bridgehead atoms. The van der Waals surface area contributed by atoms with Crippen molar-refractivity contribution in [1.82, 2.24) is 10.2 Å². The third-order valence-corrected chi connectivity index (χ3v) is 2.16. The lowest BCUT2D eigenvalue weighted by Crippen LogP contribution is -1.99. The Hall–Kier alpha value is -1.82. The van der Waals surface area contributed by atoms with Crippen LogP contribution in [0, 0.1) is 4.84 Å². The number of benzene rings is 1. The third-order valence-electron chi connectivity index (χ3n) is 1.98. The summed E-state index contributed by atoms with van der Waals surface area (Å²) >= 11 is 4.77. The Balaban J connectivity index is 2.05. The van der Waals surface area contributed by atoms with Crippen LogP contribution in [0.1, 0.15) is 12.8 Å². The van der Waals surface area contributed by atoms with Crippen LogP contribution in [-0.4, -0.2) is 16.8 Å². The molecule has 0 atom stereocenters. The quantitative estimate of drug-likeness (QED) is 0.829. The third kappa shape index (κ3) is 3.07. The predicted octanol–water partition coefficient (Wildman–Crippen LogP) is 2.71. The van der Waals surface area contributed by atoms with Crippen molar-refractivity contribution in [2.75, 3.05) is 6.61 Å². The molecule has 0 aliphatic carbocycles. The zero-order valence-corrected chi connectivity index (χ0v) is 10.1. The minimum atomic E-state index is 0.206. The SMILES string of the molecule is CCOc1ccccc1OCc1n[nH]c(=S)o1. The van der Waals surface area contributed by atoms with Gasteiger partial charge in [0, 0.05) is 0 Å². The molecule has 1 N–H and O–H groups in total. The molecule has 0 saturated carbocycles. The monoisotopic (exact) mass is 252 g/mol. The molecule has 0 amide bonds. The molecule has 0 aliphatic rings. The maximum absolute atomic E-state index is 5.54. The molecule has 0 unspecified atom stereocenters. The van der Waals surface area contributed by atoms with E-state index < -0.39 is 0 Å². The summed E-state index contributed by atoms with van der Waals surface area (Å²) in [7, 11) is 0. The summed E-state index contributed by atoms with van der Waals surface area (Å²) in [5.74, 6) is 1.75. The van der Waals surface area contributed by atoms with E-state index in [1.54, 1.807) is 0 Å². The smallest absolute Gasteiger partial charge is 0.284 e. The van der Waals surface area contributed by atoms with Crippen LogP contribution >= 0.6 is 12.2 Å². The van der Waals surface area contributed by atoms with Gasteiger partial charge in [0.2, 0.25) is 0 Å². The van der Waals surface area contributed by atoms with E-state index in [-0.39, 0.29) is 11.4 Å². The van der Waals surface area contributed by atoms with Crippen molar-refractivity contribution in [3.8, 4) is 11.5 Å². The summed E-state index contributed by atoms with van der Waals surface area (Å²) in [5.41, 5.74) is 0. The van der Waals surface area contributed by atoms with Crippen LogP contribution in [0.4, 0.5) is 0 Å². The molecule has 2 aromatic rings. The van der Waals surface area contributed by atoms with Crippen molar-refractivity contribution in [1.29, 1.82) is 0 Å². The van der Waals surface area contributed by atoms with Crippen LogP contribution in [0.25, 0.3) is 0 Å². The molecule has 0 fully saturated rings. The van der Waals surface area contributed by atoms with Crippen LogP contribution in [0.15, 0.2) is 28.7 Å². The minimum absolute atomic E-state index is 0.206. The number of rotatable bonds is 5. The molecule has 1 aromatic heterocycles. The second-order valence-corrected chi connectivity index (χ2v) is 3.55. The molecular weight excluding hydrogens is 240 g/mol. The van der Waals surface area contributed by atoms with E-state index >= 15 is 0 Å². The fraction of sp³-hybridized carbons (Fsp3) is 0.273. The van der Waals surface area contributed by atoms with Crippen molar-refractivity contribution < 1.29 is 13.9 Å². The van der Waals surface area contributed by atoms with Crippen LogP contribution in [-0.2, 0) is 6.61 Å². The normalized spacial score (nSPS) is 10.2. The Morgan fingerprint density at radius 1 is 1.29 bits per heavy atom. The van der Waals surface area contributed by atoms with Gasteiger partial charge in [0.25, 0.3) is 10.7 Å². The van der Waals surface area contributed by atoms with Gasteiger partial charge in [-0.05, 0) is 31.3 Å². The first-order valence-electron chi connectivity index (χ1n) is 5.18. The van der Waals surface area contributed by atoms with Gasteiger partial charge in [-0.1, -0.05) is 12.1 Å². The standard InChI is InChI=1S/C11H12N2O3S/c1-2-14-8-5-3-4-6-9(8)15-7-10-12-13-11(17)16-10/h3-6H,2,7H2,1H3,(H,13,17). The van der Waals surface area contributed by atoms with Gasteiger partial charge in [0.1, 0.15) is 0 Å².